The van der Waals surface area contributed by atoms with Crippen LogP contribution in [0.5, 0.6) is 0 Å². The number of aromatic nitrogens is 2. The Bertz CT molecular complexity index is 992. The molecule has 1 aromatic heterocycles. The molecule has 0 aliphatic carbocycles. The van der Waals surface area contributed by atoms with E-state index in [-0.39, 0.29) is 29.7 Å². The van der Waals surface area contributed by atoms with Crippen LogP contribution in [0.3, 0.4) is 0 Å². The first-order valence-electron chi connectivity index (χ1n) is 11.2. The van der Waals surface area contributed by atoms with E-state index < -0.39 is 12.2 Å². The quantitative estimate of drug-likeness (QED) is 0.712. The molecule has 0 saturated carbocycles. The average Bonchev–Trinajstić information content (AvgIpc) is 3.34. The first kappa shape index (κ1) is 22.7. The molecule has 1 amide bonds. The molecule has 2 aromatic rings. The van der Waals surface area contributed by atoms with Gasteiger partial charge in [0.25, 0.3) is 0 Å². The lowest BCUT2D eigenvalue weighted by molar-refractivity contribution is -0.175. The molecule has 5 nitrogen and oxygen atoms in total. The Morgan fingerprint density at radius 2 is 1.94 bits per heavy atom. The molecule has 1 fully saturated rings. The zero-order valence-corrected chi connectivity index (χ0v) is 19.0. The van der Waals surface area contributed by atoms with E-state index in [1.54, 1.807) is 6.07 Å². The molecule has 4 rings (SSSR count). The molecule has 3 heterocycles. The summed E-state index contributed by atoms with van der Waals surface area (Å²) in [6, 6.07) is 7.61. The first-order valence-corrected chi connectivity index (χ1v) is 11.2. The normalized spacial score (nSPS) is 23.7. The van der Waals surface area contributed by atoms with Crippen molar-refractivity contribution in [2.24, 2.45) is 5.41 Å². The molecule has 1 aromatic carbocycles. The van der Waals surface area contributed by atoms with Crippen molar-refractivity contribution in [3.63, 3.8) is 0 Å². The number of amides is 1. The van der Waals surface area contributed by atoms with Crippen molar-refractivity contribution in [1.29, 1.82) is 0 Å². The molecule has 3 atom stereocenters. The minimum atomic E-state index is -4.37. The molecule has 0 bridgehead atoms. The van der Waals surface area contributed by atoms with Crippen LogP contribution in [0.2, 0.25) is 0 Å². The van der Waals surface area contributed by atoms with Gasteiger partial charge in [-0.2, -0.15) is 18.3 Å². The van der Waals surface area contributed by atoms with Gasteiger partial charge in [-0.3, -0.25) is 4.79 Å². The summed E-state index contributed by atoms with van der Waals surface area (Å²) in [5.74, 6) is 0.403. The van der Waals surface area contributed by atoms with Crippen LogP contribution < -0.4 is 5.32 Å². The van der Waals surface area contributed by atoms with Crippen molar-refractivity contribution in [2.45, 2.75) is 71.1 Å². The van der Waals surface area contributed by atoms with E-state index in [1.807, 2.05) is 56.9 Å². The van der Waals surface area contributed by atoms with E-state index in [2.05, 4.69) is 10.4 Å². The Balaban J connectivity index is 1.51. The van der Waals surface area contributed by atoms with E-state index in [0.717, 1.165) is 15.8 Å². The SMILES string of the molecule is Cc1ccccc1CC(=O)N1CCC(c2cc3n(n2)C(C(F)(F)F)CC(C(C)(C)C)N3)C1. The molecular weight excluding hydrogens is 417 g/mol. The lowest BCUT2D eigenvalue weighted by Gasteiger charge is -2.39. The number of nitrogens with one attached hydrogen (secondary N) is 1. The maximum absolute atomic E-state index is 13.8. The third-order valence-electron chi connectivity index (χ3n) is 6.82. The largest absolute Gasteiger partial charge is 0.410 e. The van der Waals surface area contributed by atoms with Crippen molar-refractivity contribution in [3.8, 4) is 0 Å². The Morgan fingerprint density at radius 3 is 2.59 bits per heavy atom. The molecule has 1 N–H and O–H groups in total. The lowest BCUT2D eigenvalue weighted by atomic mass is 9.82. The van der Waals surface area contributed by atoms with Crippen LogP contribution in [-0.2, 0) is 11.2 Å². The summed E-state index contributed by atoms with van der Waals surface area (Å²) in [6.07, 6.45) is -3.37. The number of carbonyl (C=O) groups excluding carboxylic acids is 1. The highest BCUT2D eigenvalue weighted by atomic mass is 19.4. The third kappa shape index (κ3) is 4.50. The van der Waals surface area contributed by atoms with Crippen LogP contribution in [0, 0.1) is 12.3 Å². The van der Waals surface area contributed by atoms with Gasteiger partial charge in [-0.25, -0.2) is 4.68 Å². The van der Waals surface area contributed by atoms with Crippen molar-refractivity contribution >= 4 is 11.7 Å². The highest BCUT2D eigenvalue weighted by molar-refractivity contribution is 5.79. The number of fused-ring (bicyclic) bond motifs is 1. The number of nitrogens with zero attached hydrogens (tertiary/aromatic N) is 3. The molecule has 0 radical (unpaired) electrons. The fraction of sp³-hybridized carbons (Fsp3) is 0.583. The number of rotatable bonds is 3. The molecule has 2 aliphatic heterocycles. The number of hydrogen-bond acceptors (Lipinski definition) is 3. The van der Waals surface area contributed by atoms with Crippen molar-refractivity contribution in [1.82, 2.24) is 14.7 Å². The maximum atomic E-state index is 13.8. The topological polar surface area (TPSA) is 50.2 Å². The summed E-state index contributed by atoms with van der Waals surface area (Å²) in [6.45, 7) is 8.90. The predicted molar refractivity (Wildman–Crippen MR) is 118 cm³/mol. The monoisotopic (exact) mass is 448 g/mol. The van der Waals surface area contributed by atoms with Gasteiger partial charge in [0.15, 0.2) is 6.04 Å². The zero-order valence-electron chi connectivity index (χ0n) is 19.0. The van der Waals surface area contributed by atoms with Crippen molar-refractivity contribution in [3.05, 3.63) is 47.2 Å². The molecule has 1 saturated heterocycles. The van der Waals surface area contributed by atoms with Crippen LogP contribution in [-0.4, -0.2) is 45.9 Å². The molecule has 174 valence electrons. The standard InChI is InChI=1S/C24H31F3N4O/c1-15-7-5-6-8-16(15)11-22(32)30-10-9-17(14-30)18-12-21-28-19(23(2,3)4)13-20(24(25,26)27)31(21)29-18/h5-8,12,17,19-20,28H,9-11,13-14H2,1-4H3. The Hall–Kier alpha value is -2.51. The van der Waals surface area contributed by atoms with Crippen LogP contribution in [0.4, 0.5) is 19.0 Å². The molecule has 32 heavy (non-hydrogen) atoms. The number of alkyl halides is 3. The second kappa shape index (κ2) is 8.12. The summed E-state index contributed by atoms with van der Waals surface area (Å²) >= 11 is 0. The number of carbonyl (C=O) groups is 1. The average molecular weight is 449 g/mol. The fourth-order valence-electron chi connectivity index (χ4n) is 4.67. The minimum absolute atomic E-state index is 0.0462. The van der Waals surface area contributed by atoms with Gasteiger partial charge in [0.1, 0.15) is 5.82 Å². The number of hydrogen-bond donors (Lipinski definition) is 1. The first-order chi connectivity index (χ1) is 14.9. The number of benzene rings is 1. The van der Waals surface area contributed by atoms with Gasteiger partial charge >= 0.3 is 6.18 Å². The number of likely N-dealkylation sites (tertiary alicyclic amines) is 1. The minimum Gasteiger partial charge on any atom is -0.367 e. The van der Waals surface area contributed by atoms with Crippen molar-refractivity contribution in [2.75, 3.05) is 18.4 Å². The number of halogens is 3. The highest BCUT2D eigenvalue weighted by Crippen LogP contribution is 2.44. The number of aryl methyl sites for hydroxylation is 1. The van der Waals surface area contributed by atoms with E-state index in [4.69, 9.17) is 0 Å². The molecular formula is C24H31F3N4O. The van der Waals surface area contributed by atoms with E-state index in [9.17, 15) is 18.0 Å². The molecule has 8 heteroatoms. The second-order valence-corrected chi connectivity index (χ2v) is 10.2. The lowest BCUT2D eigenvalue weighted by Crippen LogP contribution is -2.44. The van der Waals surface area contributed by atoms with Gasteiger partial charge in [0, 0.05) is 31.1 Å². The van der Waals surface area contributed by atoms with Crippen LogP contribution in [0.1, 0.15) is 62.4 Å². The maximum Gasteiger partial charge on any atom is 0.410 e. The predicted octanol–water partition coefficient (Wildman–Crippen LogP) is 5.08. The van der Waals surface area contributed by atoms with Gasteiger partial charge in [-0.1, -0.05) is 45.0 Å². The van der Waals surface area contributed by atoms with Crippen LogP contribution in [0.15, 0.2) is 30.3 Å². The van der Waals surface area contributed by atoms with E-state index in [1.165, 1.54) is 0 Å². The van der Waals surface area contributed by atoms with E-state index >= 15 is 0 Å². The third-order valence-corrected chi connectivity index (χ3v) is 6.82. The summed E-state index contributed by atoms with van der Waals surface area (Å²) in [4.78, 5) is 14.6. The second-order valence-electron chi connectivity index (χ2n) is 10.2. The molecule has 0 spiro atoms. The van der Waals surface area contributed by atoms with Gasteiger partial charge in [-0.15, -0.1) is 0 Å². The highest BCUT2D eigenvalue weighted by Gasteiger charge is 2.48. The summed E-state index contributed by atoms with van der Waals surface area (Å²) in [5.41, 5.74) is 2.40. The fourth-order valence-corrected chi connectivity index (χ4v) is 4.67. The number of anilines is 1. The smallest absolute Gasteiger partial charge is 0.367 e. The summed E-state index contributed by atoms with van der Waals surface area (Å²) < 4.78 is 42.6. The summed E-state index contributed by atoms with van der Waals surface area (Å²) in [5, 5.41) is 7.66. The molecule has 3 unspecified atom stereocenters. The van der Waals surface area contributed by atoms with E-state index in [0.29, 0.717) is 37.4 Å². The van der Waals surface area contributed by atoms with Crippen molar-refractivity contribution < 1.29 is 18.0 Å². The van der Waals surface area contributed by atoms with Gasteiger partial charge < -0.3 is 10.2 Å². The Kier molecular flexibility index (Phi) is 5.75. The van der Waals surface area contributed by atoms with Crippen LogP contribution in [0.25, 0.3) is 0 Å². The summed E-state index contributed by atoms with van der Waals surface area (Å²) in [7, 11) is 0. The Morgan fingerprint density at radius 1 is 1.22 bits per heavy atom. The van der Waals surface area contributed by atoms with Gasteiger partial charge in [0.2, 0.25) is 5.91 Å². The Labute approximate surface area is 187 Å². The van der Waals surface area contributed by atoms with Gasteiger partial charge in [0.05, 0.1) is 12.1 Å². The van der Waals surface area contributed by atoms with Gasteiger partial charge in [-0.05, 0) is 36.3 Å². The zero-order chi connectivity index (χ0) is 23.3. The van der Waals surface area contributed by atoms with Crippen LogP contribution >= 0.6 is 0 Å². The molecule has 2 aliphatic rings.